The summed E-state index contributed by atoms with van der Waals surface area (Å²) in [6.45, 7) is 8.57. The lowest BCUT2D eigenvalue weighted by Gasteiger charge is -2.19. The number of carbonyl (C=O) groups excluding carboxylic acids is 1. The molecule has 0 aliphatic heterocycles. The van der Waals surface area contributed by atoms with Gasteiger partial charge in [0.25, 0.3) is 0 Å². The van der Waals surface area contributed by atoms with Gasteiger partial charge in [0, 0.05) is 25.2 Å². The van der Waals surface area contributed by atoms with E-state index in [0.717, 1.165) is 23.1 Å². The molecule has 4 heteroatoms. The second-order valence-corrected chi connectivity index (χ2v) is 5.90. The molecule has 0 atom stereocenters. The fourth-order valence-electron chi connectivity index (χ4n) is 2.10. The molecule has 1 heterocycles. The van der Waals surface area contributed by atoms with Gasteiger partial charge in [-0.1, -0.05) is 18.2 Å². The maximum absolute atomic E-state index is 12.3. The van der Waals surface area contributed by atoms with Crippen molar-refractivity contribution >= 4 is 22.7 Å². The van der Waals surface area contributed by atoms with Crippen LogP contribution in [0.5, 0.6) is 0 Å². The minimum atomic E-state index is -0.501. The molecule has 0 unspecified atom stereocenters. The zero-order valence-corrected chi connectivity index (χ0v) is 12.8. The second-order valence-electron chi connectivity index (χ2n) is 5.90. The number of benzene rings is 1. The first-order chi connectivity index (χ1) is 9.33. The Kier molecular flexibility index (Phi) is 3.75. The summed E-state index contributed by atoms with van der Waals surface area (Å²) < 4.78 is 7.05. The molecule has 0 amide bonds. The third kappa shape index (κ3) is 2.79. The summed E-state index contributed by atoms with van der Waals surface area (Å²) in [4.78, 5) is 14.4. The number of nitrogens with zero attached hydrogens (tertiary/aromatic N) is 2. The van der Waals surface area contributed by atoms with E-state index in [4.69, 9.17) is 4.74 Å². The van der Waals surface area contributed by atoms with Crippen molar-refractivity contribution in [2.45, 2.75) is 33.3 Å². The Bertz CT molecular complexity index is 623. The highest BCUT2D eigenvalue weighted by Gasteiger charge is 2.21. The molecule has 0 radical (unpaired) electrons. The highest BCUT2D eigenvalue weighted by Crippen LogP contribution is 2.29. The van der Waals surface area contributed by atoms with Crippen LogP contribution < -0.4 is 4.90 Å². The molecular weight excluding hydrogens is 252 g/mol. The van der Waals surface area contributed by atoms with Crippen LogP contribution in [0.1, 0.15) is 27.7 Å². The topological polar surface area (TPSA) is 34.5 Å². The van der Waals surface area contributed by atoms with Crippen LogP contribution in [0, 0.1) is 0 Å². The maximum atomic E-state index is 12.3. The van der Waals surface area contributed by atoms with Crippen molar-refractivity contribution in [3.05, 3.63) is 30.5 Å². The van der Waals surface area contributed by atoms with Crippen LogP contribution in [0.25, 0.3) is 10.9 Å². The van der Waals surface area contributed by atoms with Crippen molar-refractivity contribution in [3.63, 3.8) is 0 Å². The average Bonchev–Trinajstić information content (AvgIpc) is 2.75. The van der Waals surface area contributed by atoms with Crippen LogP contribution in [0.3, 0.4) is 0 Å². The van der Waals surface area contributed by atoms with E-state index in [9.17, 15) is 4.79 Å². The molecule has 0 spiro atoms. The lowest BCUT2D eigenvalue weighted by atomic mass is 10.2. The van der Waals surface area contributed by atoms with Crippen molar-refractivity contribution in [1.82, 2.24) is 4.57 Å². The molecule has 4 nitrogen and oxygen atoms in total. The monoisotopic (exact) mass is 274 g/mol. The zero-order valence-electron chi connectivity index (χ0n) is 12.8. The minimum absolute atomic E-state index is 0.343. The standard InChI is InChI=1S/C16H22N2O2/c1-6-17(5)14-11-18(15(19)20-16(2,3)4)13-10-8-7-9-12(13)14/h7-11H,6H2,1-5H3. The Labute approximate surface area is 119 Å². The van der Waals surface area contributed by atoms with Gasteiger partial charge in [0.1, 0.15) is 5.60 Å². The number of ether oxygens (including phenoxy) is 1. The third-order valence-corrected chi connectivity index (χ3v) is 3.17. The van der Waals surface area contributed by atoms with Crippen molar-refractivity contribution in [1.29, 1.82) is 0 Å². The molecule has 1 aromatic carbocycles. The van der Waals surface area contributed by atoms with Gasteiger partial charge in [0.05, 0.1) is 11.2 Å². The lowest BCUT2D eigenvalue weighted by Crippen LogP contribution is -2.26. The Morgan fingerprint density at radius 1 is 1.30 bits per heavy atom. The van der Waals surface area contributed by atoms with Gasteiger partial charge in [-0.25, -0.2) is 4.79 Å². The molecule has 2 aromatic rings. The first-order valence-electron chi connectivity index (χ1n) is 6.88. The molecule has 108 valence electrons. The molecule has 1 aromatic heterocycles. The third-order valence-electron chi connectivity index (χ3n) is 3.17. The first-order valence-corrected chi connectivity index (χ1v) is 6.88. The summed E-state index contributed by atoms with van der Waals surface area (Å²) in [6, 6.07) is 7.87. The smallest absolute Gasteiger partial charge is 0.419 e. The molecular formula is C16H22N2O2. The number of aromatic nitrogens is 1. The van der Waals surface area contributed by atoms with E-state index >= 15 is 0 Å². The number of carbonyl (C=O) groups is 1. The quantitative estimate of drug-likeness (QED) is 0.833. The Hall–Kier alpha value is -1.97. The van der Waals surface area contributed by atoms with Gasteiger partial charge in [0.2, 0.25) is 0 Å². The lowest BCUT2D eigenvalue weighted by molar-refractivity contribution is 0.0544. The normalized spacial score (nSPS) is 11.7. The summed E-state index contributed by atoms with van der Waals surface area (Å²) in [5.41, 5.74) is 1.41. The Morgan fingerprint density at radius 3 is 2.55 bits per heavy atom. The molecule has 0 bridgehead atoms. The van der Waals surface area contributed by atoms with Crippen LogP contribution in [0.4, 0.5) is 10.5 Å². The largest absolute Gasteiger partial charge is 0.443 e. The van der Waals surface area contributed by atoms with Crippen LogP contribution in [0.2, 0.25) is 0 Å². The van der Waals surface area contributed by atoms with E-state index in [1.165, 1.54) is 0 Å². The molecule has 0 saturated heterocycles. The fourth-order valence-corrected chi connectivity index (χ4v) is 2.10. The second kappa shape index (κ2) is 5.19. The van der Waals surface area contributed by atoms with Gasteiger partial charge in [-0.2, -0.15) is 0 Å². The van der Waals surface area contributed by atoms with Gasteiger partial charge in [-0.15, -0.1) is 0 Å². The van der Waals surface area contributed by atoms with Gasteiger partial charge in [-0.3, -0.25) is 4.57 Å². The van der Waals surface area contributed by atoms with E-state index in [1.54, 1.807) is 4.57 Å². The van der Waals surface area contributed by atoms with Crippen LogP contribution in [-0.4, -0.2) is 29.9 Å². The summed E-state index contributed by atoms with van der Waals surface area (Å²) in [5, 5.41) is 1.06. The van der Waals surface area contributed by atoms with Gasteiger partial charge in [-0.05, 0) is 33.8 Å². The van der Waals surface area contributed by atoms with E-state index in [0.29, 0.717) is 0 Å². The number of hydrogen-bond acceptors (Lipinski definition) is 3. The van der Waals surface area contributed by atoms with E-state index < -0.39 is 5.60 Å². The van der Waals surface area contributed by atoms with Crippen LogP contribution in [0.15, 0.2) is 30.5 Å². The fraction of sp³-hybridized carbons (Fsp3) is 0.438. The van der Waals surface area contributed by atoms with Gasteiger partial charge in [0.15, 0.2) is 0 Å². The van der Waals surface area contributed by atoms with Gasteiger partial charge >= 0.3 is 6.09 Å². The van der Waals surface area contributed by atoms with Crippen molar-refractivity contribution in [3.8, 4) is 0 Å². The molecule has 0 saturated carbocycles. The molecule has 20 heavy (non-hydrogen) atoms. The number of fused-ring (bicyclic) bond motifs is 1. The zero-order chi connectivity index (χ0) is 14.9. The predicted octanol–water partition coefficient (Wildman–Crippen LogP) is 3.88. The number of hydrogen-bond donors (Lipinski definition) is 0. The predicted molar refractivity (Wildman–Crippen MR) is 82.5 cm³/mol. The molecule has 0 fully saturated rings. The Balaban J connectivity index is 2.51. The minimum Gasteiger partial charge on any atom is -0.443 e. The van der Waals surface area contributed by atoms with Crippen molar-refractivity contribution < 1.29 is 9.53 Å². The van der Waals surface area contributed by atoms with E-state index in [-0.39, 0.29) is 6.09 Å². The van der Waals surface area contributed by atoms with Crippen LogP contribution >= 0.6 is 0 Å². The maximum Gasteiger partial charge on any atom is 0.419 e. The average molecular weight is 274 g/mol. The molecule has 0 aliphatic carbocycles. The molecule has 2 rings (SSSR count). The van der Waals surface area contributed by atoms with Crippen molar-refractivity contribution in [2.75, 3.05) is 18.5 Å². The highest BCUT2D eigenvalue weighted by molar-refractivity contribution is 5.98. The van der Waals surface area contributed by atoms with Gasteiger partial charge < -0.3 is 9.64 Å². The Morgan fingerprint density at radius 2 is 1.95 bits per heavy atom. The summed E-state index contributed by atoms with van der Waals surface area (Å²) >= 11 is 0. The molecule has 0 N–H and O–H groups in total. The van der Waals surface area contributed by atoms with Crippen molar-refractivity contribution in [2.24, 2.45) is 0 Å². The SMILES string of the molecule is CCN(C)c1cn(C(=O)OC(C)(C)C)c2ccccc12. The number of rotatable bonds is 2. The number of para-hydroxylation sites is 1. The highest BCUT2D eigenvalue weighted by atomic mass is 16.6. The summed E-state index contributed by atoms with van der Waals surface area (Å²) in [6.07, 6.45) is 1.51. The van der Waals surface area contributed by atoms with E-state index in [2.05, 4.69) is 11.8 Å². The summed E-state index contributed by atoms with van der Waals surface area (Å²) in [7, 11) is 2.02. The first kappa shape index (κ1) is 14.4. The summed E-state index contributed by atoms with van der Waals surface area (Å²) in [5.74, 6) is 0. The number of anilines is 1. The van der Waals surface area contributed by atoms with E-state index in [1.807, 2.05) is 58.3 Å². The molecule has 0 aliphatic rings. The van der Waals surface area contributed by atoms with Crippen LogP contribution in [-0.2, 0) is 4.74 Å².